The average Bonchev–Trinajstić information content (AvgIpc) is 2.19. The van der Waals surface area contributed by atoms with Gasteiger partial charge in [0.05, 0.1) is 0 Å². The maximum absolute atomic E-state index is 3.68. The first-order valence-electron chi connectivity index (χ1n) is 5.13. The Balaban J connectivity index is 2.68. The summed E-state index contributed by atoms with van der Waals surface area (Å²) >= 11 is 0. The molecule has 0 fully saturated rings. The van der Waals surface area contributed by atoms with E-state index < -0.39 is 0 Å². The van der Waals surface area contributed by atoms with Crippen LogP contribution in [0.1, 0.15) is 26.7 Å². The van der Waals surface area contributed by atoms with Gasteiger partial charge in [-0.25, -0.2) is 0 Å². The van der Waals surface area contributed by atoms with E-state index in [-0.39, 0.29) is 0 Å². The highest BCUT2D eigenvalue weighted by molar-refractivity contribution is 5.39. The van der Waals surface area contributed by atoms with Crippen molar-refractivity contribution in [2.24, 2.45) is 0 Å². The normalized spacial score (nSPS) is 19.7. The Kier molecular flexibility index (Phi) is 4.18. The molecule has 0 heterocycles. The van der Waals surface area contributed by atoms with Crippen molar-refractivity contribution in [2.45, 2.75) is 26.7 Å². The minimum Gasteiger partial charge on any atom is -0.0991 e. The Morgan fingerprint density at radius 3 is 2.79 bits per heavy atom. The molecular weight excluding hydrogens is 168 g/mol. The van der Waals surface area contributed by atoms with Crippen molar-refractivity contribution in [3.8, 4) is 0 Å². The molecule has 0 unspecified atom stereocenters. The van der Waals surface area contributed by atoms with E-state index in [1.54, 1.807) is 0 Å². The minimum atomic E-state index is 1.06. The van der Waals surface area contributed by atoms with Gasteiger partial charge in [0.25, 0.3) is 0 Å². The second-order valence-electron chi connectivity index (χ2n) is 3.54. The number of hydrogen-bond donors (Lipinski definition) is 0. The quantitative estimate of drug-likeness (QED) is 0.575. The molecular formula is C14H18. The van der Waals surface area contributed by atoms with Crippen LogP contribution in [0.25, 0.3) is 0 Å². The third kappa shape index (κ3) is 3.21. The zero-order chi connectivity index (χ0) is 10.4. The van der Waals surface area contributed by atoms with E-state index in [9.17, 15) is 0 Å². The third-order valence-corrected chi connectivity index (χ3v) is 2.31. The van der Waals surface area contributed by atoms with Crippen molar-refractivity contribution >= 4 is 0 Å². The molecule has 0 bridgehead atoms. The Morgan fingerprint density at radius 2 is 2.29 bits per heavy atom. The fourth-order valence-corrected chi connectivity index (χ4v) is 1.49. The van der Waals surface area contributed by atoms with Gasteiger partial charge in [-0.3, -0.25) is 0 Å². The molecule has 0 heteroatoms. The molecule has 0 amide bonds. The maximum Gasteiger partial charge on any atom is -0.00915 e. The molecule has 1 aliphatic carbocycles. The average molecular weight is 186 g/mol. The van der Waals surface area contributed by atoms with E-state index in [1.807, 2.05) is 12.2 Å². The highest BCUT2D eigenvalue weighted by atomic mass is 14.0. The first-order valence-corrected chi connectivity index (χ1v) is 5.13. The van der Waals surface area contributed by atoms with Gasteiger partial charge in [-0.15, -0.1) is 0 Å². The summed E-state index contributed by atoms with van der Waals surface area (Å²) < 4.78 is 0. The zero-order valence-corrected chi connectivity index (χ0v) is 9.09. The van der Waals surface area contributed by atoms with Gasteiger partial charge in [0, 0.05) is 0 Å². The van der Waals surface area contributed by atoms with Crippen molar-refractivity contribution in [3.63, 3.8) is 0 Å². The van der Waals surface area contributed by atoms with Crippen LogP contribution in [0.4, 0.5) is 0 Å². The number of allylic oxidation sites excluding steroid dienone is 9. The van der Waals surface area contributed by atoms with E-state index in [4.69, 9.17) is 0 Å². The van der Waals surface area contributed by atoms with Gasteiger partial charge in [0.1, 0.15) is 0 Å². The van der Waals surface area contributed by atoms with Crippen LogP contribution in [-0.2, 0) is 0 Å². The predicted molar refractivity (Wildman–Crippen MR) is 64.2 cm³/mol. The van der Waals surface area contributed by atoms with Crippen LogP contribution < -0.4 is 0 Å². The van der Waals surface area contributed by atoms with Gasteiger partial charge in [0.2, 0.25) is 0 Å². The second-order valence-corrected chi connectivity index (χ2v) is 3.54. The van der Waals surface area contributed by atoms with Crippen LogP contribution >= 0.6 is 0 Å². The van der Waals surface area contributed by atoms with Crippen molar-refractivity contribution in [2.75, 3.05) is 0 Å². The lowest BCUT2D eigenvalue weighted by atomic mass is 9.99. The van der Waals surface area contributed by atoms with Crippen molar-refractivity contribution < 1.29 is 0 Å². The largest absolute Gasteiger partial charge is 0.0991 e. The van der Waals surface area contributed by atoms with E-state index in [1.165, 1.54) is 16.7 Å². The Labute approximate surface area is 87.0 Å². The molecule has 0 aromatic carbocycles. The van der Waals surface area contributed by atoms with Gasteiger partial charge in [0.15, 0.2) is 0 Å². The summed E-state index contributed by atoms with van der Waals surface area (Å²) in [6, 6.07) is 0. The minimum absolute atomic E-state index is 1.06. The molecule has 0 nitrogen and oxygen atoms in total. The monoisotopic (exact) mass is 186 g/mol. The molecule has 14 heavy (non-hydrogen) atoms. The summed E-state index contributed by atoms with van der Waals surface area (Å²) in [5.41, 5.74) is 4.07. The Morgan fingerprint density at radius 1 is 1.50 bits per heavy atom. The third-order valence-electron chi connectivity index (χ3n) is 2.31. The molecule has 0 N–H and O–H groups in total. The highest BCUT2D eigenvalue weighted by Gasteiger charge is 1.98. The topological polar surface area (TPSA) is 0 Å². The predicted octanol–water partition coefficient (Wildman–Crippen LogP) is 4.34. The molecule has 1 aliphatic rings. The zero-order valence-electron chi connectivity index (χ0n) is 9.09. The first-order chi connectivity index (χ1) is 6.76. The molecule has 1 rings (SSSR count). The van der Waals surface area contributed by atoms with Crippen LogP contribution in [0.2, 0.25) is 0 Å². The first kappa shape index (κ1) is 10.8. The standard InChI is InChI=1S/C14H18/c1-4-6-12(3)11-14-9-7-13(5-2)8-10-14/h4,6-9,11H,1,5,10H2,2-3H3/b12-6-,14-11-. The van der Waals surface area contributed by atoms with Crippen molar-refractivity contribution in [1.82, 2.24) is 0 Å². The molecule has 0 radical (unpaired) electrons. The van der Waals surface area contributed by atoms with E-state index >= 15 is 0 Å². The summed E-state index contributed by atoms with van der Waals surface area (Å²) in [7, 11) is 0. The summed E-state index contributed by atoms with van der Waals surface area (Å²) in [6.45, 7) is 7.97. The fourth-order valence-electron chi connectivity index (χ4n) is 1.49. The second kappa shape index (κ2) is 5.43. The van der Waals surface area contributed by atoms with Crippen molar-refractivity contribution in [3.05, 3.63) is 59.8 Å². The van der Waals surface area contributed by atoms with Gasteiger partial charge < -0.3 is 0 Å². The molecule has 0 aromatic heterocycles. The molecule has 0 saturated carbocycles. The highest BCUT2D eigenvalue weighted by Crippen LogP contribution is 2.18. The van der Waals surface area contributed by atoms with Crippen LogP contribution in [-0.4, -0.2) is 0 Å². The summed E-state index contributed by atoms with van der Waals surface area (Å²) in [5, 5.41) is 0. The number of rotatable bonds is 3. The Bertz CT molecular complexity index is 322. The van der Waals surface area contributed by atoms with Gasteiger partial charge in [-0.1, -0.05) is 61.1 Å². The summed E-state index contributed by atoms with van der Waals surface area (Å²) in [6.07, 6.45) is 15.0. The van der Waals surface area contributed by atoms with E-state index in [0.717, 1.165) is 12.8 Å². The molecule has 74 valence electrons. The van der Waals surface area contributed by atoms with Gasteiger partial charge >= 0.3 is 0 Å². The Hall–Kier alpha value is -1.30. The lowest BCUT2D eigenvalue weighted by Crippen LogP contribution is -1.87. The van der Waals surface area contributed by atoms with Crippen LogP contribution in [0, 0.1) is 0 Å². The van der Waals surface area contributed by atoms with Crippen LogP contribution in [0.3, 0.4) is 0 Å². The molecule has 0 aromatic rings. The summed E-state index contributed by atoms with van der Waals surface area (Å²) in [5.74, 6) is 0. The molecule has 0 spiro atoms. The number of hydrogen-bond acceptors (Lipinski definition) is 0. The van der Waals surface area contributed by atoms with E-state index in [2.05, 4.69) is 44.7 Å². The van der Waals surface area contributed by atoms with Gasteiger partial charge in [-0.05, 0) is 25.3 Å². The van der Waals surface area contributed by atoms with E-state index in [0.29, 0.717) is 0 Å². The summed E-state index contributed by atoms with van der Waals surface area (Å²) in [4.78, 5) is 0. The lowest BCUT2D eigenvalue weighted by Gasteiger charge is -2.07. The SMILES string of the molecule is C=C/C=C(C)\C=C1\C=CC(CC)=CC1. The maximum atomic E-state index is 3.68. The molecule has 0 aliphatic heterocycles. The fraction of sp³-hybridized carbons (Fsp3) is 0.286. The van der Waals surface area contributed by atoms with Crippen molar-refractivity contribution in [1.29, 1.82) is 0 Å². The molecule has 0 saturated heterocycles. The smallest absolute Gasteiger partial charge is 0.00915 e. The molecule has 0 atom stereocenters. The lowest BCUT2D eigenvalue weighted by molar-refractivity contribution is 1.09. The van der Waals surface area contributed by atoms with Crippen LogP contribution in [0.15, 0.2) is 59.8 Å². The van der Waals surface area contributed by atoms with Gasteiger partial charge in [-0.2, -0.15) is 0 Å². The van der Waals surface area contributed by atoms with Crippen LogP contribution in [0.5, 0.6) is 0 Å².